The summed E-state index contributed by atoms with van der Waals surface area (Å²) in [6.45, 7) is 9.65. The summed E-state index contributed by atoms with van der Waals surface area (Å²) in [6.07, 6.45) is 8.19. The lowest BCUT2D eigenvalue weighted by Crippen LogP contribution is -2.43. The van der Waals surface area contributed by atoms with Crippen LogP contribution in [-0.4, -0.2) is 23.3 Å². The summed E-state index contributed by atoms with van der Waals surface area (Å²) in [5.74, 6) is 0. The van der Waals surface area contributed by atoms with Gasteiger partial charge in [-0.25, -0.2) is 0 Å². The molecule has 0 bridgehead atoms. The maximum absolute atomic E-state index is 10.3. The van der Waals surface area contributed by atoms with E-state index in [0.29, 0.717) is 11.5 Å². The third-order valence-electron chi connectivity index (χ3n) is 4.61. The molecule has 1 saturated carbocycles. The van der Waals surface area contributed by atoms with E-state index in [1.54, 1.807) is 0 Å². The molecule has 1 unspecified atom stereocenters. The van der Waals surface area contributed by atoms with Gasteiger partial charge in [-0.1, -0.05) is 34.1 Å². The zero-order valence-electron chi connectivity index (χ0n) is 12.2. The van der Waals surface area contributed by atoms with Crippen molar-refractivity contribution in [3.8, 4) is 0 Å². The minimum absolute atomic E-state index is 0.498. The molecule has 0 aromatic heterocycles. The van der Waals surface area contributed by atoms with Gasteiger partial charge in [0.2, 0.25) is 0 Å². The van der Waals surface area contributed by atoms with Gasteiger partial charge in [-0.05, 0) is 43.9 Å². The fourth-order valence-electron chi connectivity index (χ4n) is 2.70. The summed E-state index contributed by atoms with van der Waals surface area (Å²) in [5.41, 5.74) is 0.0179. The molecule has 102 valence electrons. The molecular weight excluding hydrogens is 210 g/mol. The van der Waals surface area contributed by atoms with Crippen LogP contribution in [0.5, 0.6) is 0 Å². The maximum atomic E-state index is 10.3. The number of rotatable bonds is 5. The topological polar surface area (TPSA) is 32.3 Å². The molecule has 1 aliphatic carbocycles. The van der Waals surface area contributed by atoms with Gasteiger partial charge >= 0.3 is 0 Å². The first kappa shape index (κ1) is 15.0. The lowest BCUT2D eigenvalue weighted by molar-refractivity contribution is 0.0293. The molecule has 0 spiro atoms. The Morgan fingerprint density at radius 3 is 2.41 bits per heavy atom. The largest absolute Gasteiger partial charge is 0.389 e. The highest BCUT2D eigenvalue weighted by atomic mass is 16.3. The van der Waals surface area contributed by atoms with Crippen LogP contribution in [0.15, 0.2) is 0 Å². The van der Waals surface area contributed by atoms with Gasteiger partial charge in [0.1, 0.15) is 0 Å². The number of hydrogen-bond acceptors (Lipinski definition) is 2. The third kappa shape index (κ3) is 4.97. The van der Waals surface area contributed by atoms with E-state index in [0.717, 1.165) is 19.4 Å². The Hall–Kier alpha value is -0.0800. The minimum Gasteiger partial charge on any atom is -0.389 e. The van der Waals surface area contributed by atoms with Crippen molar-refractivity contribution in [1.29, 1.82) is 0 Å². The first-order valence-corrected chi connectivity index (χ1v) is 7.36. The van der Waals surface area contributed by atoms with Crippen molar-refractivity contribution in [1.82, 2.24) is 5.32 Å². The third-order valence-corrected chi connectivity index (χ3v) is 4.61. The van der Waals surface area contributed by atoms with Gasteiger partial charge in [-0.15, -0.1) is 0 Å². The second-order valence-corrected chi connectivity index (χ2v) is 6.60. The quantitative estimate of drug-likeness (QED) is 0.722. The van der Waals surface area contributed by atoms with E-state index in [1.807, 2.05) is 0 Å². The normalized spacial score (nSPS) is 25.6. The Balaban J connectivity index is 2.37. The van der Waals surface area contributed by atoms with Crippen LogP contribution >= 0.6 is 0 Å². The van der Waals surface area contributed by atoms with Crippen molar-refractivity contribution in [3.05, 3.63) is 0 Å². The molecule has 0 radical (unpaired) electrons. The molecule has 0 aromatic carbocycles. The van der Waals surface area contributed by atoms with Crippen molar-refractivity contribution in [2.45, 2.75) is 84.3 Å². The molecule has 0 heterocycles. The predicted molar refractivity (Wildman–Crippen MR) is 74.2 cm³/mol. The van der Waals surface area contributed by atoms with Gasteiger partial charge in [0, 0.05) is 12.6 Å². The fraction of sp³-hybridized carbons (Fsp3) is 1.00. The van der Waals surface area contributed by atoms with Crippen molar-refractivity contribution >= 4 is 0 Å². The van der Waals surface area contributed by atoms with Crippen LogP contribution in [0.2, 0.25) is 0 Å². The van der Waals surface area contributed by atoms with E-state index in [9.17, 15) is 5.11 Å². The fourth-order valence-corrected chi connectivity index (χ4v) is 2.70. The minimum atomic E-state index is -0.498. The van der Waals surface area contributed by atoms with Crippen LogP contribution in [0.3, 0.4) is 0 Å². The van der Waals surface area contributed by atoms with Crippen molar-refractivity contribution in [2.75, 3.05) is 6.54 Å². The van der Waals surface area contributed by atoms with Gasteiger partial charge < -0.3 is 10.4 Å². The molecule has 1 atom stereocenters. The number of aliphatic hydroxyl groups is 1. The van der Waals surface area contributed by atoms with E-state index in [-0.39, 0.29) is 0 Å². The molecule has 2 N–H and O–H groups in total. The Morgan fingerprint density at radius 2 is 1.82 bits per heavy atom. The molecule has 0 saturated heterocycles. The summed E-state index contributed by atoms with van der Waals surface area (Å²) in [5, 5.41) is 13.9. The van der Waals surface area contributed by atoms with Crippen LogP contribution < -0.4 is 5.32 Å². The smallest absolute Gasteiger partial charge is 0.0766 e. The zero-order chi connectivity index (χ0) is 12.9. The van der Waals surface area contributed by atoms with E-state index in [4.69, 9.17) is 0 Å². The summed E-state index contributed by atoms with van der Waals surface area (Å²) in [6, 6.07) is 0.612. The molecule has 2 nitrogen and oxygen atoms in total. The predicted octanol–water partition coefficient (Wildman–Crippen LogP) is 3.49. The summed E-state index contributed by atoms with van der Waals surface area (Å²) >= 11 is 0. The van der Waals surface area contributed by atoms with Crippen LogP contribution in [0.4, 0.5) is 0 Å². The highest BCUT2D eigenvalue weighted by Gasteiger charge is 2.27. The van der Waals surface area contributed by atoms with Gasteiger partial charge in [-0.2, -0.15) is 0 Å². The van der Waals surface area contributed by atoms with E-state index >= 15 is 0 Å². The Morgan fingerprint density at radius 1 is 1.18 bits per heavy atom. The van der Waals surface area contributed by atoms with Gasteiger partial charge in [0.05, 0.1) is 5.60 Å². The lowest BCUT2D eigenvalue weighted by Gasteiger charge is -2.28. The van der Waals surface area contributed by atoms with Crippen LogP contribution in [0.25, 0.3) is 0 Å². The van der Waals surface area contributed by atoms with Crippen LogP contribution in [0.1, 0.15) is 72.6 Å². The summed E-state index contributed by atoms with van der Waals surface area (Å²) < 4.78 is 0. The SMILES string of the molecule is CCC(O)(CC)CNC1CCCC(C)(C)CC1. The van der Waals surface area contributed by atoms with Crippen molar-refractivity contribution < 1.29 is 5.11 Å². The Kier molecular flexibility index (Phi) is 5.46. The molecule has 2 heteroatoms. The highest BCUT2D eigenvalue weighted by Crippen LogP contribution is 2.33. The molecule has 1 rings (SSSR count). The average molecular weight is 241 g/mol. The van der Waals surface area contributed by atoms with Gasteiger partial charge in [0.15, 0.2) is 0 Å². The summed E-state index contributed by atoms with van der Waals surface area (Å²) in [4.78, 5) is 0. The molecule has 0 aromatic rings. The molecule has 0 amide bonds. The first-order chi connectivity index (χ1) is 7.91. The highest BCUT2D eigenvalue weighted by molar-refractivity contribution is 4.83. The van der Waals surface area contributed by atoms with E-state index in [1.165, 1.54) is 32.1 Å². The second kappa shape index (κ2) is 6.19. The van der Waals surface area contributed by atoms with Crippen molar-refractivity contribution in [2.24, 2.45) is 5.41 Å². The average Bonchev–Trinajstić information content (AvgIpc) is 2.47. The summed E-state index contributed by atoms with van der Waals surface area (Å²) in [7, 11) is 0. The molecule has 1 aliphatic rings. The first-order valence-electron chi connectivity index (χ1n) is 7.36. The van der Waals surface area contributed by atoms with Crippen LogP contribution in [0, 0.1) is 5.41 Å². The lowest BCUT2D eigenvalue weighted by atomic mass is 9.85. The maximum Gasteiger partial charge on any atom is 0.0766 e. The van der Waals surface area contributed by atoms with Gasteiger partial charge in [0.25, 0.3) is 0 Å². The standard InChI is InChI=1S/C15H31NO/c1-5-15(17,6-2)12-16-13-8-7-10-14(3,4)11-9-13/h13,16-17H,5-12H2,1-4H3. The van der Waals surface area contributed by atoms with Crippen LogP contribution in [-0.2, 0) is 0 Å². The molecule has 1 fully saturated rings. The van der Waals surface area contributed by atoms with E-state index < -0.39 is 5.60 Å². The second-order valence-electron chi connectivity index (χ2n) is 6.60. The molecule has 17 heavy (non-hydrogen) atoms. The Bertz CT molecular complexity index is 221. The zero-order valence-corrected chi connectivity index (χ0v) is 12.2. The van der Waals surface area contributed by atoms with E-state index in [2.05, 4.69) is 33.0 Å². The Labute approximate surface area is 107 Å². The van der Waals surface area contributed by atoms with Gasteiger partial charge in [-0.3, -0.25) is 0 Å². The van der Waals surface area contributed by atoms with Crippen molar-refractivity contribution in [3.63, 3.8) is 0 Å². The number of nitrogens with one attached hydrogen (secondary N) is 1. The number of hydrogen-bond donors (Lipinski definition) is 2. The monoisotopic (exact) mass is 241 g/mol. The molecule has 0 aliphatic heterocycles. The molecular formula is C15H31NO.